The number of nitrogens with zero attached hydrogens (tertiary/aromatic N) is 4. The van der Waals surface area contributed by atoms with Crippen LogP contribution >= 0.6 is 24.0 Å². The molecule has 3 aliphatic rings. The molecule has 0 aliphatic carbocycles. The Morgan fingerprint density at radius 1 is 1.23 bits per heavy atom. The van der Waals surface area contributed by atoms with Crippen molar-refractivity contribution in [2.75, 3.05) is 52.9 Å². The van der Waals surface area contributed by atoms with E-state index in [1.165, 1.54) is 50.2 Å². The van der Waals surface area contributed by atoms with E-state index >= 15 is 0 Å². The number of halogens is 1. The standard InChI is InChI=1S/C21H38N6O2.HI/c1-4-21(2)18(28)27(20(29)24-21)13-8-10-23-19(22-3)26-14-9-17(16-26)15-25-11-6-5-7-12-25;/h17H,4-16H2,1-3H3,(H,22,23)(H,24,29);1H. The van der Waals surface area contributed by atoms with Crippen LogP contribution in [0.3, 0.4) is 0 Å². The lowest BCUT2D eigenvalue weighted by atomic mass is 9.99. The summed E-state index contributed by atoms with van der Waals surface area (Å²) in [5.74, 6) is 1.53. The average Bonchev–Trinajstić information content (AvgIpc) is 3.26. The number of aliphatic imine (C=N–C) groups is 1. The van der Waals surface area contributed by atoms with Gasteiger partial charge in [-0.2, -0.15) is 0 Å². The van der Waals surface area contributed by atoms with Gasteiger partial charge in [0.25, 0.3) is 5.91 Å². The molecule has 3 amide bonds. The molecule has 3 heterocycles. The number of imide groups is 1. The molecule has 8 nitrogen and oxygen atoms in total. The lowest BCUT2D eigenvalue weighted by Gasteiger charge is -2.29. The van der Waals surface area contributed by atoms with Crippen molar-refractivity contribution in [1.82, 2.24) is 25.3 Å². The van der Waals surface area contributed by atoms with Gasteiger partial charge in [0.2, 0.25) is 0 Å². The molecule has 0 aromatic carbocycles. The van der Waals surface area contributed by atoms with Crippen molar-refractivity contribution in [3.8, 4) is 0 Å². The Bertz CT molecular complexity index is 625. The van der Waals surface area contributed by atoms with Gasteiger partial charge < -0.3 is 20.4 Å². The molecule has 0 spiro atoms. The zero-order valence-electron chi connectivity index (χ0n) is 18.8. The molecule has 3 saturated heterocycles. The third-order valence-electron chi connectivity index (χ3n) is 6.66. The summed E-state index contributed by atoms with van der Waals surface area (Å²) in [4.78, 5) is 35.3. The molecule has 3 aliphatic heterocycles. The van der Waals surface area contributed by atoms with Gasteiger partial charge in [0.1, 0.15) is 5.54 Å². The zero-order valence-corrected chi connectivity index (χ0v) is 21.1. The number of carbonyl (C=O) groups is 2. The van der Waals surface area contributed by atoms with Crippen LogP contribution in [0.4, 0.5) is 4.79 Å². The summed E-state index contributed by atoms with van der Waals surface area (Å²) in [6.45, 7) is 10.6. The van der Waals surface area contributed by atoms with Gasteiger partial charge >= 0.3 is 6.03 Å². The molecule has 3 rings (SSSR count). The Labute approximate surface area is 198 Å². The van der Waals surface area contributed by atoms with Crippen molar-refractivity contribution in [2.45, 2.75) is 57.9 Å². The number of likely N-dealkylation sites (tertiary alicyclic amines) is 2. The number of nitrogens with one attached hydrogen (secondary N) is 2. The number of guanidine groups is 1. The Morgan fingerprint density at radius 2 is 1.97 bits per heavy atom. The minimum absolute atomic E-state index is 0. The van der Waals surface area contributed by atoms with E-state index in [4.69, 9.17) is 0 Å². The van der Waals surface area contributed by atoms with Gasteiger partial charge in [-0.05, 0) is 58.0 Å². The van der Waals surface area contributed by atoms with Gasteiger partial charge in [0.05, 0.1) is 0 Å². The smallest absolute Gasteiger partial charge is 0.325 e. The van der Waals surface area contributed by atoms with Crippen LogP contribution in [0.2, 0.25) is 0 Å². The number of urea groups is 1. The van der Waals surface area contributed by atoms with Gasteiger partial charge in [-0.1, -0.05) is 13.3 Å². The van der Waals surface area contributed by atoms with E-state index in [9.17, 15) is 9.59 Å². The van der Waals surface area contributed by atoms with Crippen molar-refractivity contribution in [2.24, 2.45) is 10.9 Å². The second-order valence-corrected chi connectivity index (χ2v) is 8.86. The summed E-state index contributed by atoms with van der Waals surface area (Å²) in [6.07, 6.45) is 6.60. The van der Waals surface area contributed by atoms with Crippen LogP contribution < -0.4 is 10.6 Å². The van der Waals surface area contributed by atoms with Crippen molar-refractivity contribution in [3.05, 3.63) is 0 Å². The van der Waals surface area contributed by atoms with Crippen LogP contribution in [0, 0.1) is 5.92 Å². The first-order valence-corrected chi connectivity index (χ1v) is 11.3. The van der Waals surface area contributed by atoms with Gasteiger partial charge in [-0.15, -0.1) is 24.0 Å². The maximum atomic E-state index is 12.4. The Balaban J connectivity index is 0.00000320. The van der Waals surface area contributed by atoms with Gasteiger partial charge in [0, 0.05) is 39.8 Å². The van der Waals surface area contributed by atoms with E-state index in [2.05, 4.69) is 25.4 Å². The number of rotatable bonds is 7. The molecule has 2 N–H and O–H groups in total. The Hall–Kier alpha value is -1.10. The molecule has 2 atom stereocenters. The molecule has 9 heteroatoms. The fourth-order valence-electron chi connectivity index (χ4n) is 4.64. The van der Waals surface area contributed by atoms with E-state index < -0.39 is 5.54 Å². The molecule has 0 aromatic rings. The summed E-state index contributed by atoms with van der Waals surface area (Å²) in [7, 11) is 1.82. The summed E-state index contributed by atoms with van der Waals surface area (Å²) in [5.41, 5.74) is -0.751. The van der Waals surface area contributed by atoms with E-state index in [0.717, 1.165) is 19.0 Å². The SMILES string of the molecule is CCC1(C)NC(=O)N(CCCNC(=NC)N2CCC(CN3CCCCC3)C2)C1=O.I. The molecule has 172 valence electrons. The molecule has 0 saturated carbocycles. The minimum atomic E-state index is -0.751. The molecule has 3 fully saturated rings. The first-order valence-electron chi connectivity index (χ1n) is 11.3. The largest absolute Gasteiger partial charge is 0.356 e. The monoisotopic (exact) mass is 534 g/mol. The van der Waals surface area contributed by atoms with Crippen LogP contribution in [0.5, 0.6) is 0 Å². The van der Waals surface area contributed by atoms with E-state index in [1.54, 1.807) is 6.92 Å². The quantitative estimate of drug-likeness (QED) is 0.172. The fraction of sp³-hybridized carbons (Fsp3) is 0.857. The van der Waals surface area contributed by atoms with Crippen molar-refractivity contribution in [1.29, 1.82) is 0 Å². The van der Waals surface area contributed by atoms with Crippen molar-refractivity contribution < 1.29 is 9.59 Å². The van der Waals surface area contributed by atoms with Crippen molar-refractivity contribution >= 4 is 41.9 Å². The van der Waals surface area contributed by atoms with E-state index in [0.29, 0.717) is 31.8 Å². The first-order chi connectivity index (χ1) is 14.0. The summed E-state index contributed by atoms with van der Waals surface area (Å²) < 4.78 is 0. The lowest BCUT2D eigenvalue weighted by Crippen LogP contribution is -2.43. The highest BCUT2D eigenvalue weighted by atomic mass is 127. The summed E-state index contributed by atoms with van der Waals surface area (Å²) in [5, 5.41) is 6.22. The molecular weight excluding hydrogens is 495 g/mol. The normalized spacial score (nSPS) is 28.0. The molecule has 2 unspecified atom stereocenters. The van der Waals surface area contributed by atoms with E-state index in [-0.39, 0.29) is 35.9 Å². The predicted octanol–water partition coefficient (Wildman–Crippen LogP) is 2.10. The summed E-state index contributed by atoms with van der Waals surface area (Å²) in [6, 6.07) is -0.274. The minimum Gasteiger partial charge on any atom is -0.356 e. The highest BCUT2D eigenvalue weighted by Crippen LogP contribution is 2.21. The summed E-state index contributed by atoms with van der Waals surface area (Å²) >= 11 is 0. The van der Waals surface area contributed by atoms with Crippen LogP contribution in [0.15, 0.2) is 4.99 Å². The second-order valence-electron chi connectivity index (χ2n) is 8.86. The molecule has 0 radical (unpaired) electrons. The lowest BCUT2D eigenvalue weighted by molar-refractivity contribution is -0.130. The van der Waals surface area contributed by atoms with Crippen LogP contribution in [0.25, 0.3) is 0 Å². The van der Waals surface area contributed by atoms with Gasteiger partial charge in [0.15, 0.2) is 5.96 Å². The number of hydrogen-bond acceptors (Lipinski definition) is 4. The highest BCUT2D eigenvalue weighted by Gasteiger charge is 2.45. The predicted molar refractivity (Wildman–Crippen MR) is 130 cm³/mol. The third-order valence-corrected chi connectivity index (χ3v) is 6.66. The van der Waals surface area contributed by atoms with Crippen LogP contribution in [-0.2, 0) is 4.79 Å². The van der Waals surface area contributed by atoms with Crippen molar-refractivity contribution in [3.63, 3.8) is 0 Å². The average molecular weight is 534 g/mol. The number of carbonyl (C=O) groups excluding carboxylic acids is 2. The third kappa shape index (κ3) is 5.99. The maximum absolute atomic E-state index is 12.4. The maximum Gasteiger partial charge on any atom is 0.325 e. The number of hydrogen-bond donors (Lipinski definition) is 2. The van der Waals surface area contributed by atoms with Crippen LogP contribution in [0.1, 0.15) is 52.4 Å². The Kier molecular flexibility index (Phi) is 9.65. The second kappa shape index (κ2) is 11.5. The van der Waals surface area contributed by atoms with E-state index in [1.807, 2.05) is 14.0 Å². The van der Waals surface area contributed by atoms with Gasteiger partial charge in [-0.3, -0.25) is 14.7 Å². The number of amides is 3. The topological polar surface area (TPSA) is 80.3 Å². The molecule has 0 bridgehead atoms. The fourth-order valence-corrected chi connectivity index (χ4v) is 4.64. The Morgan fingerprint density at radius 3 is 2.60 bits per heavy atom. The van der Waals surface area contributed by atoms with Gasteiger partial charge in [-0.25, -0.2) is 4.79 Å². The zero-order chi connectivity index (χ0) is 20.9. The first kappa shape index (κ1) is 25.2. The molecule has 0 aromatic heterocycles. The molecule has 30 heavy (non-hydrogen) atoms. The number of piperidine rings is 1. The van der Waals surface area contributed by atoms with Crippen LogP contribution in [-0.4, -0.2) is 91.0 Å². The highest BCUT2D eigenvalue weighted by molar-refractivity contribution is 14.0. The molecular formula is C21H39IN6O2.